The molecule has 0 aliphatic rings. The van der Waals surface area contributed by atoms with Gasteiger partial charge < -0.3 is 10.1 Å². The van der Waals surface area contributed by atoms with Crippen molar-refractivity contribution in [3.63, 3.8) is 0 Å². The van der Waals surface area contributed by atoms with Crippen molar-refractivity contribution in [2.75, 3.05) is 25.6 Å². The van der Waals surface area contributed by atoms with E-state index in [0.717, 1.165) is 23.1 Å². The molecule has 1 aromatic rings. The summed E-state index contributed by atoms with van der Waals surface area (Å²) >= 11 is 9.41. The topological polar surface area (TPSA) is 34.1 Å². The average molecular weight is 294 g/mol. The average Bonchev–Trinajstić information content (AvgIpc) is 2.21. The van der Waals surface area contributed by atoms with Crippen molar-refractivity contribution in [3.8, 4) is 0 Å². The number of alkyl halides is 1. The van der Waals surface area contributed by atoms with Gasteiger partial charge in [0, 0.05) is 26.0 Å². The normalized spacial score (nSPS) is 12.5. The Morgan fingerprint density at radius 2 is 2.47 bits per heavy atom. The highest BCUT2D eigenvalue weighted by Gasteiger charge is 2.04. The molecule has 0 aliphatic heterocycles. The summed E-state index contributed by atoms with van der Waals surface area (Å²) in [5.41, 5.74) is 1.03. The summed E-state index contributed by atoms with van der Waals surface area (Å²) in [6.07, 6.45) is 4.38. The smallest absolute Gasteiger partial charge is 0.0627 e. The highest BCUT2D eigenvalue weighted by atomic mass is 79.9. The number of rotatable bonds is 6. The van der Waals surface area contributed by atoms with Crippen LogP contribution in [0.25, 0.3) is 0 Å². The maximum atomic E-state index is 6.00. The van der Waals surface area contributed by atoms with Gasteiger partial charge in [-0.15, -0.1) is 11.6 Å². The second-order valence-corrected chi connectivity index (χ2v) is 4.60. The van der Waals surface area contributed by atoms with Crippen LogP contribution in [0.1, 0.15) is 6.42 Å². The highest BCUT2D eigenvalue weighted by Crippen LogP contribution is 2.19. The molecule has 0 saturated heterocycles. The van der Waals surface area contributed by atoms with E-state index in [9.17, 15) is 0 Å². The van der Waals surface area contributed by atoms with Crippen LogP contribution >= 0.6 is 27.5 Å². The predicted molar refractivity (Wildman–Crippen MR) is 66.6 cm³/mol. The van der Waals surface area contributed by atoms with Crippen LogP contribution < -0.4 is 5.32 Å². The van der Waals surface area contributed by atoms with E-state index in [4.69, 9.17) is 16.3 Å². The quantitative estimate of drug-likeness (QED) is 0.819. The van der Waals surface area contributed by atoms with Crippen molar-refractivity contribution in [2.24, 2.45) is 0 Å². The van der Waals surface area contributed by atoms with E-state index in [1.54, 1.807) is 19.5 Å². The van der Waals surface area contributed by atoms with Gasteiger partial charge in [0.15, 0.2) is 0 Å². The number of pyridine rings is 1. The van der Waals surface area contributed by atoms with Crippen LogP contribution in [0.3, 0.4) is 0 Å². The molecule has 1 unspecified atom stereocenters. The van der Waals surface area contributed by atoms with Crippen molar-refractivity contribution < 1.29 is 4.74 Å². The van der Waals surface area contributed by atoms with Gasteiger partial charge in [-0.1, -0.05) is 0 Å². The van der Waals surface area contributed by atoms with Gasteiger partial charge in [0.1, 0.15) is 0 Å². The Balaban J connectivity index is 2.29. The van der Waals surface area contributed by atoms with Crippen molar-refractivity contribution in [2.45, 2.75) is 11.8 Å². The van der Waals surface area contributed by atoms with Crippen molar-refractivity contribution in [1.82, 2.24) is 4.98 Å². The predicted octanol–water partition coefficient (Wildman–Crippen LogP) is 2.90. The summed E-state index contributed by atoms with van der Waals surface area (Å²) in [5.74, 6) is 0. The molecule has 1 heterocycles. The minimum atomic E-state index is 0.0584. The Bertz CT molecular complexity index is 299. The summed E-state index contributed by atoms with van der Waals surface area (Å²) in [4.78, 5) is 3.98. The first-order valence-electron chi connectivity index (χ1n) is 4.70. The number of ether oxygens (including phenoxy) is 1. The largest absolute Gasteiger partial charge is 0.384 e. The zero-order valence-corrected chi connectivity index (χ0v) is 10.9. The lowest BCUT2D eigenvalue weighted by Crippen LogP contribution is -2.13. The fourth-order valence-electron chi connectivity index (χ4n) is 1.15. The standard InChI is InChI=1S/C10H14BrClN2O/c1-15-7-8(12)2-5-14-10-3-4-13-6-9(10)11/h3-4,6,8H,2,5,7H2,1H3,(H,13,14). The fourth-order valence-corrected chi connectivity index (χ4v) is 1.77. The zero-order chi connectivity index (χ0) is 11.1. The van der Waals surface area contributed by atoms with Crippen molar-refractivity contribution in [1.29, 1.82) is 0 Å². The molecule has 15 heavy (non-hydrogen) atoms. The minimum absolute atomic E-state index is 0.0584. The Morgan fingerprint density at radius 1 is 1.67 bits per heavy atom. The van der Waals surface area contributed by atoms with Gasteiger partial charge in [-0.25, -0.2) is 0 Å². The van der Waals surface area contributed by atoms with E-state index in [2.05, 4.69) is 26.2 Å². The van der Waals surface area contributed by atoms with Gasteiger partial charge >= 0.3 is 0 Å². The molecule has 0 spiro atoms. The second-order valence-electron chi connectivity index (χ2n) is 3.12. The lowest BCUT2D eigenvalue weighted by atomic mass is 10.3. The van der Waals surface area contributed by atoms with Crippen LogP contribution in [0.4, 0.5) is 5.69 Å². The number of halogens is 2. The molecule has 5 heteroatoms. The van der Waals surface area contributed by atoms with Crippen LogP contribution in [-0.4, -0.2) is 30.6 Å². The Kier molecular flexibility index (Phi) is 5.98. The van der Waals surface area contributed by atoms with E-state index in [1.807, 2.05) is 6.07 Å². The third kappa shape index (κ3) is 4.82. The molecule has 0 aromatic carbocycles. The van der Waals surface area contributed by atoms with E-state index >= 15 is 0 Å². The molecule has 1 N–H and O–H groups in total. The highest BCUT2D eigenvalue weighted by molar-refractivity contribution is 9.10. The lowest BCUT2D eigenvalue weighted by Gasteiger charge is -2.10. The molecule has 0 saturated carbocycles. The van der Waals surface area contributed by atoms with Crippen molar-refractivity contribution in [3.05, 3.63) is 22.9 Å². The van der Waals surface area contributed by atoms with Crippen LogP contribution in [0.2, 0.25) is 0 Å². The second kappa shape index (κ2) is 7.04. The Hall–Kier alpha value is -0.320. The number of anilines is 1. The first-order valence-corrected chi connectivity index (χ1v) is 5.93. The molecule has 3 nitrogen and oxygen atoms in total. The van der Waals surface area contributed by atoms with Gasteiger partial charge in [0.2, 0.25) is 0 Å². The van der Waals surface area contributed by atoms with Crippen LogP contribution in [-0.2, 0) is 4.74 Å². The molecule has 0 bridgehead atoms. The van der Waals surface area contributed by atoms with Gasteiger partial charge in [0.05, 0.1) is 22.1 Å². The molecule has 84 valence electrons. The summed E-state index contributed by atoms with van der Waals surface area (Å²) in [5, 5.41) is 3.33. The van der Waals surface area contributed by atoms with Crippen LogP contribution in [0, 0.1) is 0 Å². The lowest BCUT2D eigenvalue weighted by molar-refractivity contribution is 0.196. The SMILES string of the molecule is COCC(Cl)CCNc1ccncc1Br. The molecular formula is C10H14BrClN2O. The molecule has 1 aromatic heterocycles. The summed E-state index contributed by atoms with van der Waals surface area (Å²) in [7, 11) is 1.66. The molecule has 0 radical (unpaired) electrons. The monoisotopic (exact) mass is 292 g/mol. The summed E-state index contributed by atoms with van der Waals surface area (Å²) in [6.45, 7) is 1.40. The first-order chi connectivity index (χ1) is 7.24. The number of hydrogen-bond acceptors (Lipinski definition) is 3. The number of hydrogen-bond donors (Lipinski definition) is 1. The summed E-state index contributed by atoms with van der Waals surface area (Å²) in [6, 6.07) is 1.92. The third-order valence-corrected chi connectivity index (χ3v) is 2.87. The maximum absolute atomic E-state index is 6.00. The fraction of sp³-hybridized carbons (Fsp3) is 0.500. The molecular weight excluding hydrogens is 279 g/mol. The van der Waals surface area contributed by atoms with E-state index in [1.165, 1.54) is 0 Å². The van der Waals surface area contributed by atoms with Crippen LogP contribution in [0.15, 0.2) is 22.9 Å². The van der Waals surface area contributed by atoms with E-state index in [0.29, 0.717) is 6.61 Å². The number of methoxy groups -OCH3 is 1. The number of nitrogens with one attached hydrogen (secondary N) is 1. The third-order valence-electron chi connectivity index (χ3n) is 1.89. The molecule has 0 amide bonds. The molecule has 1 rings (SSSR count). The van der Waals surface area contributed by atoms with Gasteiger partial charge in [-0.05, 0) is 28.4 Å². The van der Waals surface area contributed by atoms with Gasteiger partial charge in [-0.2, -0.15) is 0 Å². The zero-order valence-electron chi connectivity index (χ0n) is 8.54. The van der Waals surface area contributed by atoms with Crippen LogP contribution in [0.5, 0.6) is 0 Å². The molecule has 1 atom stereocenters. The molecule has 0 aliphatic carbocycles. The molecule has 0 fully saturated rings. The minimum Gasteiger partial charge on any atom is -0.384 e. The Labute approximate surface area is 103 Å². The van der Waals surface area contributed by atoms with Gasteiger partial charge in [-0.3, -0.25) is 4.98 Å². The Morgan fingerprint density at radius 3 is 3.13 bits per heavy atom. The van der Waals surface area contributed by atoms with E-state index < -0.39 is 0 Å². The number of aromatic nitrogens is 1. The maximum Gasteiger partial charge on any atom is 0.0627 e. The summed E-state index contributed by atoms with van der Waals surface area (Å²) < 4.78 is 5.91. The number of nitrogens with zero attached hydrogens (tertiary/aromatic N) is 1. The van der Waals surface area contributed by atoms with Crippen molar-refractivity contribution >= 4 is 33.2 Å². The van der Waals surface area contributed by atoms with Gasteiger partial charge in [0.25, 0.3) is 0 Å². The van der Waals surface area contributed by atoms with E-state index in [-0.39, 0.29) is 5.38 Å². The first kappa shape index (κ1) is 12.7.